The topological polar surface area (TPSA) is 30.2 Å². The molecule has 0 unspecified atom stereocenters. The Labute approximate surface area is 332 Å². The second kappa shape index (κ2) is 12.9. The molecule has 0 N–H and O–H groups in total. The van der Waals surface area contributed by atoms with E-state index in [1.165, 1.54) is 50.1 Å². The van der Waals surface area contributed by atoms with Gasteiger partial charge in [0.2, 0.25) is 0 Å². The van der Waals surface area contributed by atoms with Crippen LogP contribution in [-0.2, 0) is 5.41 Å². The molecule has 0 radical (unpaired) electrons. The normalized spacial score (nSPS) is 13.3. The molecule has 0 amide bonds. The van der Waals surface area contributed by atoms with Crippen molar-refractivity contribution in [1.29, 1.82) is 0 Å². The molecule has 3 heteroatoms. The molecule has 1 spiro atoms. The van der Waals surface area contributed by atoms with Crippen LogP contribution in [0.15, 0.2) is 206 Å². The number of nitrogens with zero attached hydrogens (tertiary/aromatic N) is 3. The highest BCUT2D eigenvalue weighted by Crippen LogP contribution is 2.63. The van der Waals surface area contributed by atoms with Gasteiger partial charge in [0.1, 0.15) is 5.82 Å². The average Bonchev–Trinajstić information content (AvgIpc) is 3.91. The van der Waals surface area contributed by atoms with Gasteiger partial charge in [0.05, 0.1) is 22.1 Å². The highest BCUT2D eigenvalue weighted by Gasteiger charge is 2.51. The fourth-order valence-corrected chi connectivity index (χ4v) is 9.40. The Kier molecular flexibility index (Phi) is 7.45. The highest BCUT2D eigenvalue weighted by atomic mass is 15.1. The summed E-state index contributed by atoms with van der Waals surface area (Å²) in [6.45, 7) is 6.42. The molecule has 2 aliphatic rings. The van der Waals surface area contributed by atoms with Crippen molar-refractivity contribution in [2.75, 3.05) is 0 Å². The molecule has 1 heterocycles. The number of imidazole rings is 1. The van der Waals surface area contributed by atoms with Crippen LogP contribution in [0.4, 0.5) is 0 Å². The Balaban J connectivity index is 1.10. The molecule has 0 saturated carbocycles. The number of aromatic nitrogens is 2. The lowest BCUT2D eigenvalue weighted by Gasteiger charge is -2.31. The lowest BCUT2D eigenvalue weighted by Crippen LogP contribution is -2.26. The van der Waals surface area contributed by atoms with E-state index in [-0.39, 0.29) is 0 Å². The zero-order valence-electron chi connectivity index (χ0n) is 31.5. The highest BCUT2D eigenvalue weighted by molar-refractivity contribution is 6.04. The molecule has 2 aliphatic carbocycles. The summed E-state index contributed by atoms with van der Waals surface area (Å²) in [4.78, 5) is 10.2. The summed E-state index contributed by atoms with van der Waals surface area (Å²) < 4.78 is 2.27. The maximum absolute atomic E-state index is 5.19. The molecular formula is C54H37N3. The van der Waals surface area contributed by atoms with Gasteiger partial charge in [-0.2, -0.15) is 0 Å². The van der Waals surface area contributed by atoms with Gasteiger partial charge in [-0.1, -0.05) is 158 Å². The largest absolute Gasteiger partial charge is 0.292 e. The molecule has 11 rings (SSSR count). The molecule has 9 aromatic rings. The van der Waals surface area contributed by atoms with Crippen molar-refractivity contribution in [3.8, 4) is 50.5 Å². The van der Waals surface area contributed by atoms with Crippen molar-refractivity contribution >= 4 is 22.4 Å². The predicted octanol–water partition coefficient (Wildman–Crippen LogP) is 13.2. The van der Waals surface area contributed by atoms with Crippen LogP contribution >= 0.6 is 0 Å². The summed E-state index contributed by atoms with van der Waals surface area (Å²) in [7, 11) is 0. The van der Waals surface area contributed by atoms with Crippen LogP contribution in [-0.4, -0.2) is 15.3 Å². The predicted molar refractivity (Wildman–Crippen MR) is 236 cm³/mol. The van der Waals surface area contributed by atoms with Gasteiger partial charge in [-0.25, -0.2) is 4.98 Å². The van der Waals surface area contributed by atoms with Gasteiger partial charge in [0, 0.05) is 17.0 Å². The van der Waals surface area contributed by atoms with E-state index in [1.54, 1.807) is 0 Å². The molecule has 0 bridgehead atoms. The summed E-state index contributed by atoms with van der Waals surface area (Å²) in [6, 6.07) is 69.9. The fourth-order valence-electron chi connectivity index (χ4n) is 9.40. The minimum absolute atomic E-state index is 0.501. The van der Waals surface area contributed by atoms with E-state index in [0.29, 0.717) is 0 Å². The summed E-state index contributed by atoms with van der Waals surface area (Å²) in [5.74, 6) is 0.924. The maximum atomic E-state index is 5.19. The Bertz CT molecular complexity index is 3050. The Morgan fingerprint density at radius 3 is 1.82 bits per heavy atom. The van der Waals surface area contributed by atoms with E-state index in [9.17, 15) is 0 Å². The van der Waals surface area contributed by atoms with Crippen LogP contribution < -0.4 is 0 Å². The van der Waals surface area contributed by atoms with E-state index in [1.807, 2.05) is 18.2 Å². The zero-order chi connectivity index (χ0) is 38.1. The molecule has 57 heavy (non-hydrogen) atoms. The van der Waals surface area contributed by atoms with Gasteiger partial charge in [-0.3, -0.25) is 9.56 Å². The van der Waals surface area contributed by atoms with Gasteiger partial charge in [-0.15, -0.1) is 0 Å². The van der Waals surface area contributed by atoms with Crippen LogP contribution in [0.1, 0.15) is 40.3 Å². The smallest absolute Gasteiger partial charge is 0.145 e. The van der Waals surface area contributed by atoms with E-state index in [2.05, 4.69) is 194 Å². The third-order valence-electron chi connectivity index (χ3n) is 11.9. The number of fused-ring (bicyclic) bond motifs is 11. The monoisotopic (exact) mass is 727 g/mol. The number of para-hydroxylation sites is 3. The Morgan fingerprint density at radius 1 is 0.491 bits per heavy atom. The minimum atomic E-state index is -0.501. The van der Waals surface area contributed by atoms with Crippen molar-refractivity contribution < 1.29 is 0 Å². The van der Waals surface area contributed by atoms with Gasteiger partial charge in [0.25, 0.3) is 0 Å². The van der Waals surface area contributed by atoms with Gasteiger partial charge >= 0.3 is 0 Å². The van der Waals surface area contributed by atoms with Gasteiger partial charge in [-0.05, 0) is 116 Å². The van der Waals surface area contributed by atoms with Crippen molar-refractivity contribution in [3.63, 3.8) is 0 Å². The van der Waals surface area contributed by atoms with Crippen molar-refractivity contribution in [2.24, 2.45) is 4.99 Å². The van der Waals surface area contributed by atoms with E-state index in [0.717, 1.165) is 56.2 Å². The molecule has 0 aliphatic heterocycles. The van der Waals surface area contributed by atoms with Crippen LogP contribution in [0.5, 0.6) is 0 Å². The van der Waals surface area contributed by atoms with Crippen LogP contribution in [0.25, 0.3) is 67.2 Å². The third-order valence-corrected chi connectivity index (χ3v) is 11.9. The number of aliphatic imine (C=N–C) groups is 1. The lowest BCUT2D eigenvalue weighted by molar-refractivity contribution is 0.794. The molecule has 268 valence electrons. The van der Waals surface area contributed by atoms with E-state index >= 15 is 0 Å². The second-order valence-electron chi connectivity index (χ2n) is 15.0. The number of hydrogen-bond acceptors (Lipinski definition) is 2. The first-order valence-electron chi connectivity index (χ1n) is 19.5. The van der Waals surface area contributed by atoms with Crippen LogP contribution in [0.2, 0.25) is 0 Å². The van der Waals surface area contributed by atoms with E-state index in [4.69, 9.17) is 9.98 Å². The minimum Gasteiger partial charge on any atom is -0.292 e. The van der Waals surface area contributed by atoms with E-state index < -0.39 is 5.41 Å². The second-order valence-corrected chi connectivity index (χ2v) is 15.0. The summed E-state index contributed by atoms with van der Waals surface area (Å²) >= 11 is 0. The average molecular weight is 728 g/mol. The Morgan fingerprint density at radius 2 is 1.07 bits per heavy atom. The maximum Gasteiger partial charge on any atom is 0.145 e. The number of rotatable bonds is 6. The number of hydrogen-bond donors (Lipinski definition) is 0. The summed E-state index contributed by atoms with van der Waals surface area (Å²) in [6.07, 6.45) is 0. The standard InChI is InChI=1S/C54H37N3/c1-35(37-16-5-3-6-17-37)55-36(2)38-28-30-45-46-31-29-40(34-50(46)54(49(45)33-38)47-24-11-9-22-43(47)44-23-10-12-25-48(44)54)39-18-15-19-41(32-39)53-56-51-26-13-14-27-52(51)57(53)42-20-7-4-8-21-42/h3-34H,1H2,2H3. The zero-order valence-corrected chi connectivity index (χ0v) is 31.5. The molecule has 1 aromatic heterocycles. The Hall–Kier alpha value is -7.36. The van der Waals surface area contributed by atoms with Gasteiger partial charge < -0.3 is 0 Å². The summed E-state index contributed by atoms with van der Waals surface area (Å²) in [5.41, 5.74) is 20.2. The number of benzene rings is 8. The quantitative estimate of drug-likeness (QED) is 0.157. The molecule has 8 aromatic carbocycles. The first-order valence-corrected chi connectivity index (χ1v) is 19.5. The fraction of sp³-hybridized carbons (Fsp3) is 0.0370. The molecule has 3 nitrogen and oxygen atoms in total. The van der Waals surface area contributed by atoms with Crippen molar-refractivity contribution in [3.05, 3.63) is 234 Å². The SMILES string of the molecule is C=C(N=C(C)c1ccc2c(c1)C1(c3ccccc3-c3ccccc31)c1cc(-c3cccc(-c4nc5ccccc5n4-c4ccccc4)c3)ccc1-2)c1ccccc1. The first kappa shape index (κ1) is 33.0. The van der Waals surface area contributed by atoms with Gasteiger partial charge in [0.15, 0.2) is 0 Å². The summed E-state index contributed by atoms with van der Waals surface area (Å²) in [5, 5.41) is 0. The van der Waals surface area contributed by atoms with Crippen molar-refractivity contribution in [1.82, 2.24) is 9.55 Å². The first-order chi connectivity index (χ1) is 28.1. The lowest BCUT2D eigenvalue weighted by atomic mass is 9.70. The molecule has 0 fully saturated rings. The van der Waals surface area contributed by atoms with Crippen molar-refractivity contribution in [2.45, 2.75) is 12.3 Å². The molecular weight excluding hydrogens is 691 g/mol. The molecule has 0 saturated heterocycles. The molecule has 0 atom stereocenters. The van der Waals surface area contributed by atoms with Crippen LogP contribution in [0.3, 0.4) is 0 Å². The third kappa shape index (κ3) is 4.99. The van der Waals surface area contributed by atoms with Crippen LogP contribution in [0, 0.1) is 0 Å².